The molecule has 14 nitrogen and oxygen atoms in total. The van der Waals surface area contributed by atoms with Gasteiger partial charge in [0.15, 0.2) is 5.75 Å². The third-order valence-electron chi connectivity index (χ3n) is 12.9. The van der Waals surface area contributed by atoms with E-state index in [9.17, 15) is 45.9 Å². The number of ether oxygens (including phenoxy) is 2. The number of aryl methyl sites for hydroxylation is 1. The highest BCUT2D eigenvalue weighted by Gasteiger charge is 2.66. The number of pyridine rings is 1. The number of carboxylic acid groups (broad SMARTS) is 1. The largest absolute Gasteiger partial charge is 0.497 e. The first-order valence-electron chi connectivity index (χ1n) is 19.8. The molecule has 0 bridgehead atoms. The van der Waals surface area contributed by atoms with Crippen LogP contribution in [0.25, 0.3) is 10.9 Å². The van der Waals surface area contributed by atoms with Crippen LogP contribution in [-0.4, -0.2) is 105 Å². The normalized spacial score (nSPS) is 29.4. The molecule has 328 valence electrons. The van der Waals surface area contributed by atoms with Crippen molar-refractivity contribution in [3.8, 4) is 11.5 Å². The summed E-state index contributed by atoms with van der Waals surface area (Å²) in [6.07, 6.45) is -4.25. The Morgan fingerprint density at radius 2 is 1.82 bits per heavy atom. The molecule has 2 saturated carbocycles. The van der Waals surface area contributed by atoms with Crippen LogP contribution < -0.4 is 19.5 Å². The molecule has 7 rings (SSSR count). The number of benzene rings is 1. The second kappa shape index (κ2) is 14.4. The lowest BCUT2D eigenvalue weighted by Crippen LogP contribution is -2.65. The molecule has 3 aliphatic heterocycles. The Kier molecular flexibility index (Phi) is 10.4. The maximum atomic E-state index is 16.8. The summed E-state index contributed by atoms with van der Waals surface area (Å²) in [6, 6.07) is 0.567. The van der Waals surface area contributed by atoms with Crippen molar-refractivity contribution in [3.63, 3.8) is 0 Å². The van der Waals surface area contributed by atoms with E-state index >= 15 is 8.78 Å². The van der Waals surface area contributed by atoms with Crippen LogP contribution in [-0.2, 0) is 30.3 Å². The predicted octanol–water partition coefficient (Wildman–Crippen LogP) is 5.85. The van der Waals surface area contributed by atoms with Crippen LogP contribution in [0, 0.1) is 12.8 Å². The quantitative estimate of drug-likeness (QED) is 0.235. The third kappa shape index (κ3) is 7.29. The first-order valence-corrected chi connectivity index (χ1v) is 21.3. The maximum Gasteiger partial charge on any atom is 0.411 e. The number of fused-ring (bicyclic) bond motifs is 5. The number of alkyl halides is 5. The molecule has 1 aromatic carbocycles. The van der Waals surface area contributed by atoms with Gasteiger partial charge in [0.05, 0.1) is 41.6 Å². The molecular formula is C40H48F5N5O9S. The fourth-order valence-corrected chi connectivity index (χ4v) is 10.2. The maximum absolute atomic E-state index is 16.8. The molecule has 5 aliphatic rings. The van der Waals surface area contributed by atoms with Crippen LogP contribution >= 0.6 is 0 Å². The van der Waals surface area contributed by atoms with Crippen LogP contribution in [0.1, 0.15) is 96.2 Å². The molecule has 1 spiro atoms. The van der Waals surface area contributed by atoms with Crippen molar-refractivity contribution in [1.82, 2.24) is 24.8 Å². The Bertz CT molecular complexity index is 2280. The summed E-state index contributed by atoms with van der Waals surface area (Å²) in [5, 5.41) is 13.0. The van der Waals surface area contributed by atoms with Gasteiger partial charge in [-0.25, -0.2) is 27.0 Å². The number of methoxy groups -OCH3 is 1. The number of halogens is 5. The van der Waals surface area contributed by atoms with Crippen molar-refractivity contribution >= 4 is 44.7 Å². The first-order chi connectivity index (χ1) is 27.8. The van der Waals surface area contributed by atoms with Gasteiger partial charge >= 0.3 is 12.3 Å². The monoisotopic (exact) mass is 869 g/mol. The summed E-state index contributed by atoms with van der Waals surface area (Å²) in [5.41, 5.74) is -7.35. The number of rotatable bonds is 6. The van der Waals surface area contributed by atoms with Gasteiger partial charge in [-0.2, -0.15) is 13.2 Å². The van der Waals surface area contributed by atoms with E-state index in [0.29, 0.717) is 46.0 Å². The summed E-state index contributed by atoms with van der Waals surface area (Å²) in [5.74, 6) is -7.92. The van der Waals surface area contributed by atoms with Crippen molar-refractivity contribution < 1.29 is 64.1 Å². The lowest BCUT2D eigenvalue weighted by Gasteiger charge is -2.44. The number of carbonyl (C=O) groups is 4. The number of sulfonamides is 1. The Morgan fingerprint density at radius 1 is 1.12 bits per heavy atom. The zero-order chi connectivity index (χ0) is 44.0. The van der Waals surface area contributed by atoms with Crippen LogP contribution in [0.5, 0.6) is 11.5 Å². The number of allylic oxidation sites excluding steroid dienone is 1. The van der Waals surface area contributed by atoms with E-state index in [1.54, 1.807) is 18.2 Å². The highest BCUT2D eigenvalue weighted by atomic mass is 32.2. The molecule has 0 unspecified atom stereocenters. The number of hydrogen-bond acceptors (Lipinski definition) is 9. The van der Waals surface area contributed by atoms with Gasteiger partial charge in [0.25, 0.3) is 11.8 Å². The summed E-state index contributed by atoms with van der Waals surface area (Å²) in [4.78, 5) is 61.6. The van der Waals surface area contributed by atoms with Gasteiger partial charge in [0.1, 0.15) is 34.5 Å². The van der Waals surface area contributed by atoms with E-state index in [-0.39, 0.29) is 45.8 Å². The Morgan fingerprint density at radius 3 is 2.45 bits per heavy atom. The molecule has 2 aliphatic carbocycles. The predicted molar refractivity (Wildman–Crippen MR) is 205 cm³/mol. The molecule has 3 N–H and O–H groups in total. The van der Waals surface area contributed by atoms with Gasteiger partial charge < -0.3 is 24.8 Å². The molecule has 1 aromatic heterocycles. The summed E-state index contributed by atoms with van der Waals surface area (Å²) >= 11 is 0. The lowest BCUT2D eigenvalue weighted by atomic mass is 9.84. The molecule has 1 saturated heterocycles. The van der Waals surface area contributed by atoms with E-state index in [1.165, 1.54) is 33.1 Å². The molecule has 3 fully saturated rings. The number of amides is 4. The van der Waals surface area contributed by atoms with Crippen molar-refractivity contribution in [2.24, 2.45) is 5.92 Å². The molecule has 2 aromatic rings. The van der Waals surface area contributed by atoms with Gasteiger partial charge in [0, 0.05) is 17.7 Å². The summed E-state index contributed by atoms with van der Waals surface area (Å²) in [6.45, 7) is 3.32. The summed E-state index contributed by atoms with van der Waals surface area (Å²) in [7, 11) is -2.85. The van der Waals surface area contributed by atoms with Gasteiger partial charge in [-0.3, -0.25) is 24.0 Å². The van der Waals surface area contributed by atoms with E-state index in [1.807, 2.05) is 0 Å². The van der Waals surface area contributed by atoms with Crippen molar-refractivity contribution in [2.75, 3.05) is 13.7 Å². The van der Waals surface area contributed by atoms with Gasteiger partial charge in [0.2, 0.25) is 21.8 Å². The molecule has 5 atom stereocenters. The summed E-state index contributed by atoms with van der Waals surface area (Å²) < 4.78 is 117. The average molecular weight is 870 g/mol. The fraction of sp³-hybridized carbons (Fsp3) is 0.625. The van der Waals surface area contributed by atoms with E-state index in [4.69, 9.17) is 9.47 Å². The molecular weight excluding hydrogens is 822 g/mol. The number of aromatic nitrogens is 1. The zero-order valence-electron chi connectivity index (χ0n) is 33.7. The third-order valence-corrected chi connectivity index (χ3v) is 15.1. The molecule has 0 radical (unpaired) electrons. The van der Waals surface area contributed by atoms with Gasteiger partial charge in [-0.05, 0) is 84.4 Å². The highest BCUT2D eigenvalue weighted by Crippen LogP contribution is 2.55. The molecule has 4 heterocycles. The number of nitrogens with zero attached hydrogens (tertiary/aromatic N) is 3. The minimum Gasteiger partial charge on any atom is -0.497 e. The van der Waals surface area contributed by atoms with Crippen molar-refractivity contribution in [2.45, 2.75) is 138 Å². The standard InChI is InChI=1S/C40H48F5N5O9S/c1-22-30-29(25-17-24(58-5)13-14-26(25)46-22)39(41,42)20-37(59-30)19-28-31(51)47-38(33(53)48-60(56,57)36(4)15-16-36)18-23(38)11-9-7-6-8-10-12-27(32(52)49(28)21-37)50(34(54)55)35(2,3)40(43,44)45/h9,11,13-14,17,23,27-28H,6-8,10,12,15-16,18-21H2,1-5H3,(H,47,51)(H,48,53)(H,54,55)/b11-9-/t23-,27+,28+,37+,38-/m1/s1. The lowest BCUT2D eigenvalue weighted by molar-refractivity contribution is -0.220. The Hall–Kier alpha value is -4.75. The van der Waals surface area contributed by atoms with Gasteiger partial charge in [-0.1, -0.05) is 25.0 Å². The molecule has 20 heteroatoms. The van der Waals surface area contributed by atoms with Gasteiger partial charge in [-0.15, -0.1) is 0 Å². The molecule has 4 amide bonds. The SMILES string of the molecule is COc1ccc2nc(C)c3c(c2c1)C(F)(F)C[C@]1(C[C@H]2C(=O)N[C@]4(C(=O)NS(=O)(=O)C5(C)CC5)C[C@H]4/C=C\CCCCC[C@H](N(C(=O)O)C(C)(C)C(F)(F)F)C(=O)N2C1)O3. The van der Waals surface area contributed by atoms with Crippen LogP contribution in [0.3, 0.4) is 0 Å². The van der Waals surface area contributed by atoms with E-state index in [2.05, 4.69) is 15.0 Å². The fourth-order valence-electron chi connectivity index (χ4n) is 8.88. The second-order valence-electron chi connectivity index (χ2n) is 17.6. The Balaban J connectivity index is 1.34. The minimum atomic E-state index is -5.18. The van der Waals surface area contributed by atoms with Crippen LogP contribution in [0.2, 0.25) is 0 Å². The van der Waals surface area contributed by atoms with Crippen LogP contribution in [0.15, 0.2) is 30.4 Å². The zero-order valence-corrected chi connectivity index (χ0v) is 34.6. The first kappa shape index (κ1) is 43.3. The van der Waals surface area contributed by atoms with Crippen molar-refractivity contribution in [1.29, 1.82) is 0 Å². The average Bonchev–Trinajstić information content (AvgIpc) is 4.03. The smallest absolute Gasteiger partial charge is 0.411 e. The topological polar surface area (TPSA) is 185 Å². The minimum absolute atomic E-state index is 0.00167. The Labute approximate surface area is 343 Å². The second-order valence-corrected chi connectivity index (χ2v) is 19.8. The number of hydrogen-bond donors (Lipinski definition) is 3. The van der Waals surface area contributed by atoms with E-state index < -0.39 is 117 Å². The van der Waals surface area contributed by atoms with E-state index in [0.717, 1.165) is 4.90 Å². The highest BCUT2D eigenvalue weighted by molar-refractivity contribution is 7.91. The van der Waals surface area contributed by atoms with Crippen molar-refractivity contribution in [3.05, 3.63) is 41.6 Å². The number of nitrogens with one attached hydrogen (secondary N) is 2. The molecule has 60 heavy (non-hydrogen) atoms. The number of carbonyl (C=O) groups excluding carboxylic acids is 3. The van der Waals surface area contributed by atoms with Crippen LogP contribution in [0.4, 0.5) is 26.7 Å².